The summed E-state index contributed by atoms with van der Waals surface area (Å²) in [5.74, 6) is 2.16. The maximum absolute atomic E-state index is 5.33. The number of guanidine groups is 1. The van der Waals surface area contributed by atoms with Crippen LogP contribution in [0.3, 0.4) is 0 Å². The lowest BCUT2D eigenvalue weighted by atomic mass is 10.3. The summed E-state index contributed by atoms with van der Waals surface area (Å²) in [5.41, 5.74) is 0.902. The summed E-state index contributed by atoms with van der Waals surface area (Å²) in [6, 6.07) is 6.23. The van der Waals surface area contributed by atoms with Gasteiger partial charge in [-0.25, -0.2) is 0 Å². The van der Waals surface area contributed by atoms with Gasteiger partial charge in [0.25, 0.3) is 0 Å². The Morgan fingerprint density at radius 3 is 2.48 bits per heavy atom. The summed E-state index contributed by atoms with van der Waals surface area (Å²) in [6.45, 7) is 8.86. The minimum absolute atomic E-state index is 0.520. The summed E-state index contributed by atoms with van der Waals surface area (Å²) in [5, 5.41) is 6.54. The highest BCUT2D eigenvalue weighted by Gasteiger charge is 2.07. The Hall–Kier alpha value is -1.95. The Morgan fingerprint density at radius 2 is 1.91 bits per heavy atom. The molecule has 0 spiro atoms. The van der Waals surface area contributed by atoms with E-state index in [1.807, 2.05) is 25.1 Å². The van der Waals surface area contributed by atoms with Gasteiger partial charge in [0.15, 0.2) is 17.5 Å². The molecule has 0 radical (unpaired) electrons. The number of nitrogens with one attached hydrogen (secondary N) is 2. The molecule has 0 amide bonds. The van der Waals surface area contributed by atoms with Crippen molar-refractivity contribution in [2.24, 2.45) is 4.99 Å². The second kappa shape index (κ2) is 9.94. The molecule has 0 aliphatic rings. The van der Waals surface area contributed by atoms with Crippen LogP contribution >= 0.6 is 0 Å². The number of aliphatic imine (C=N–C) groups is 1. The third-order valence-corrected chi connectivity index (χ3v) is 3.59. The molecule has 1 aromatic carbocycles. The number of hydrogen-bond acceptors (Lipinski definition) is 4. The molecule has 0 fully saturated rings. The fraction of sp³-hybridized carbons (Fsp3) is 0.588. The molecular formula is C17H30N4O2. The quantitative estimate of drug-likeness (QED) is 0.569. The predicted octanol–water partition coefficient (Wildman–Crippen LogP) is 2.42. The van der Waals surface area contributed by atoms with Crippen LogP contribution in [0.4, 0.5) is 5.69 Å². The molecule has 0 saturated carbocycles. The highest BCUT2D eigenvalue weighted by molar-refractivity contribution is 5.93. The maximum atomic E-state index is 5.33. The minimum atomic E-state index is 0.520. The number of hydrogen-bond donors (Lipinski definition) is 2. The van der Waals surface area contributed by atoms with Gasteiger partial charge in [0.05, 0.1) is 20.8 Å². The molecule has 2 N–H and O–H groups in total. The molecule has 130 valence electrons. The van der Waals surface area contributed by atoms with E-state index in [1.54, 1.807) is 14.2 Å². The zero-order valence-corrected chi connectivity index (χ0v) is 15.1. The number of nitrogens with zero attached hydrogens (tertiary/aromatic N) is 2. The van der Waals surface area contributed by atoms with Crippen molar-refractivity contribution in [1.82, 2.24) is 10.2 Å². The first-order chi connectivity index (χ1) is 11.0. The van der Waals surface area contributed by atoms with Crippen LogP contribution in [-0.2, 0) is 0 Å². The molecular weight excluding hydrogens is 292 g/mol. The zero-order chi connectivity index (χ0) is 17.2. The highest BCUT2D eigenvalue weighted by atomic mass is 16.5. The summed E-state index contributed by atoms with van der Waals surface area (Å²) < 4.78 is 10.6. The number of benzene rings is 1. The van der Waals surface area contributed by atoms with Crippen molar-refractivity contribution in [2.45, 2.75) is 26.8 Å². The van der Waals surface area contributed by atoms with Crippen molar-refractivity contribution in [1.29, 1.82) is 0 Å². The van der Waals surface area contributed by atoms with E-state index in [0.717, 1.165) is 31.3 Å². The molecule has 0 heterocycles. The zero-order valence-electron chi connectivity index (χ0n) is 15.1. The molecule has 0 atom stereocenters. The van der Waals surface area contributed by atoms with Crippen LogP contribution in [0.25, 0.3) is 0 Å². The summed E-state index contributed by atoms with van der Waals surface area (Å²) >= 11 is 0. The molecule has 6 nitrogen and oxygen atoms in total. The van der Waals surface area contributed by atoms with Crippen molar-refractivity contribution >= 4 is 11.6 Å². The lowest BCUT2D eigenvalue weighted by Crippen LogP contribution is -2.33. The van der Waals surface area contributed by atoms with Crippen LogP contribution in [-0.4, -0.2) is 57.8 Å². The number of methoxy groups -OCH3 is 2. The summed E-state index contributed by atoms with van der Waals surface area (Å²) in [4.78, 5) is 6.88. The van der Waals surface area contributed by atoms with Crippen molar-refractivity contribution in [3.8, 4) is 11.5 Å². The Bertz CT molecular complexity index is 503. The van der Waals surface area contributed by atoms with Gasteiger partial charge in [-0.3, -0.25) is 4.99 Å². The number of likely N-dealkylation sites (N-methyl/N-ethyl adjacent to an activating group) is 1. The third-order valence-electron chi connectivity index (χ3n) is 3.59. The van der Waals surface area contributed by atoms with Gasteiger partial charge in [0.2, 0.25) is 0 Å². The van der Waals surface area contributed by atoms with E-state index in [4.69, 9.17) is 9.47 Å². The lowest BCUT2D eigenvalue weighted by Gasteiger charge is -2.20. The largest absolute Gasteiger partial charge is 0.493 e. The monoisotopic (exact) mass is 322 g/mol. The summed E-state index contributed by atoms with van der Waals surface area (Å²) in [7, 11) is 5.36. The lowest BCUT2D eigenvalue weighted by molar-refractivity contribution is 0.282. The average molecular weight is 322 g/mol. The normalized spacial score (nSPS) is 11.7. The van der Waals surface area contributed by atoms with Gasteiger partial charge < -0.3 is 25.0 Å². The second-order valence-corrected chi connectivity index (χ2v) is 5.53. The minimum Gasteiger partial charge on any atom is -0.493 e. The van der Waals surface area contributed by atoms with E-state index < -0.39 is 0 Å². The van der Waals surface area contributed by atoms with E-state index in [-0.39, 0.29) is 0 Å². The van der Waals surface area contributed by atoms with E-state index in [0.29, 0.717) is 17.5 Å². The third kappa shape index (κ3) is 6.36. The molecule has 0 saturated heterocycles. The molecule has 1 aromatic rings. The van der Waals surface area contributed by atoms with Gasteiger partial charge in [0, 0.05) is 30.9 Å². The van der Waals surface area contributed by atoms with E-state index in [2.05, 4.69) is 41.4 Å². The molecule has 23 heavy (non-hydrogen) atoms. The van der Waals surface area contributed by atoms with Gasteiger partial charge in [-0.05, 0) is 40.0 Å². The summed E-state index contributed by atoms with van der Waals surface area (Å²) in [6.07, 6.45) is 0. The maximum Gasteiger partial charge on any atom is 0.195 e. The molecule has 0 aliphatic carbocycles. The molecule has 0 aromatic heterocycles. The van der Waals surface area contributed by atoms with E-state index >= 15 is 0 Å². The van der Waals surface area contributed by atoms with Crippen LogP contribution in [0.2, 0.25) is 0 Å². The second-order valence-electron chi connectivity index (χ2n) is 5.53. The smallest absolute Gasteiger partial charge is 0.195 e. The molecule has 0 bridgehead atoms. The van der Waals surface area contributed by atoms with Gasteiger partial charge >= 0.3 is 0 Å². The number of anilines is 1. The van der Waals surface area contributed by atoms with Crippen LogP contribution in [0.15, 0.2) is 23.2 Å². The Balaban J connectivity index is 2.75. The van der Waals surface area contributed by atoms with Gasteiger partial charge in [-0.15, -0.1) is 0 Å². The Kier molecular flexibility index (Phi) is 8.26. The SMILES string of the molecule is CCNC(=NCCN(C)C(C)C)Nc1ccc(OC)c(OC)c1. The van der Waals surface area contributed by atoms with Crippen LogP contribution in [0, 0.1) is 0 Å². The standard InChI is InChI=1S/C17H30N4O2/c1-7-18-17(19-10-11-21(4)13(2)3)20-14-8-9-15(22-5)16(12-14)23-6/h8-9,12-13H,7,10-11H2,1-6H3,(H2,18,19,20). The van der Waals surface area contributed by atoms with Crippen LogP contribution < -0.4 is 20.1 Å². The fourth-order valence-electron chi connectivity index (χ4n) is 1.94. The Morgan fingerprint density at radius 1 is 1.22 bits per heavy atom. The Labute approximate surface area is 139 Å². The molecule has 6 heteroatoms. The first-order valence-electron chi connectivity index (χ1n) is 7.99. The fourth-order valence-corrected chi connectivity index (χ4v) is 1.94. The van der Waals surface area contributed by atoms with Gasteiger partial charge in [-0.1, -0.05) is 0 Å². The van der Waals surface area contributed by atoms with Gasteiger partial charge in [0.1, 0.15) is 0 Å². The van der Waals surface area contributed by atoms with Crippen molar-refractivity contribution in [3.63, 3.8) is 0 Å². The average Bonchev–Trinajstić information content (AvgIpc) is 2.54. The van der Waals surface area contributed by atoms with Crippen molar-refractivity contribution < 1.29 is 9.47 Å². The van der Waals surface area contributed by atoms with Crippen LogP contribution in [0.5, 0.6) is 11.5 Å². The number of rotatable bonds is 8. The predicted molar refractivity (Wildman–Crippen MR) is 96.9 cm³/mol. The highest BCUT2D eigenvalue weighted by Crippen LogP contribution is 2.29. The first kappa shape index (κ1) is 19.1. The number of ether oxygens (including phenoxy) is 2. The molecule has 0 unspecified atom stereocenters. The van der Waals surface area contributed by atoms with Crippen molar-refractivity contribution in [3.05, 3.63) is 18.2 Å². The van der Waals surface area contributed by atoms with E-state index in [1.165, 1.54) is 0 Å². The topological polar surface area (TPSA) is 58.1 Å². The van der Waals surface area contributed by atoms with E-state index in [9.17, 15) is 0 Å². The van der Waals surface area contributed by atoms with Crippen LogP contribution in [0.1, 0.15) is 20.8 Å². The van der Waals surface area contributed by atoms with Gasteiger partial charge in [-0.2, -0.15) is 0 Å². The van der Waals surface area contributed by atoms with Crippen molar-refractivity contribution in [2.75, 3.05) is 46.2 Å². The molecule has 0 aliphatic heterocycles. The molecule has 1 rings (SSSR count). The first-order valence-corrected chi connectivity index (χ1v) is 7.99.